The lowest BCUT2D eigenvalue weighted by molar-refractivity contribution is 0.0963. The summed E-state index contributed by atoms with van der Waals surface area (Å²) >= 11 is 0. The van der Waals surface area contributed by atoms with Gasteiger partial charge in [0.2, 0.25) is 0 Å². The Bertz CT molecular complexity index is 737. The van der Waals surface area contributed by atoms with Crippen LogP contribution in [0.5, 0.6) is 0 Å². The number of aromatic nitrogens is 2. The molecule has 1 aromatic heterocycles. The molecule has 0 aliphatic carbocycles. The normalized spacial score (nSPS) is 16.7. The Labute approximate surface area is 147 Å². The second-order valence-corrected chi connectivity index (χ2v) is 6.07. The van der Waals surface area contributed by atoms with Crippen molar-refractivity contribution in [2.75, 3.05) is 30.4 Å². The van der Waals surface area contributed by atoms with E-state index in [1.54, 1.807) is 13.1 Å². The summed E-state index contributed by atoms with van der Waals surface area (Å²) in [4.78, 5) is 22.4. The van der Waals surface area contributed by atoms with E-state index in [2.05, 4.69) is 25.5 Å². The Morgan fingerprint density at radius 1 is 1.36 bits per heavy atom. The molecule has 2 aromatic rings. The maximum atomic E-state index is 11.7. The van der Waals surface area contributed by atoms with Crippen molar-refractivity contribution in [1.82, 2.24) is 15.3 Å². The number of benzene rings is 1. The van der Waals surface area contributed by atoms with Crippen molar-refractivity contribution in [3.8, 4) is 0 Å². The van der Waals surface area contributed by atoms with Gasteiger partial charge in [-0.25, -0.2) is 9.97 Å². The van der Waals surface area contributed by atoms with Crippen LogP contribution in [0.15, 0.2) is 36.7 Å². The number of anilines is 2. The van der Waals surface area contributed by atoms with Crippen LogP contribution in [0.1, 0.15) is 28.8 Å². The maximum Gasteiger partial charge on any atom is 0.251 e. The van der Waals surface area contributed by atoms with Gasteiger partial charge in [-0.05, 0) is 30.5 Å². The Morgan fingerprint density at radius 3 is 3.04 bits per heavy atom. The molecule has 1 fully saturated rings. The van der Waals surface area contributed by atoms with Crippen molar-refractivity contribution in [1.29, 1.82) is 0 Å². The summed E-state index contributed by atoms with van der Waals surface area (Å²) < 4.78 is 0. The fraction of sp³-hybridized carbons (Fsp3) is 0.389. The van der Waals surface area contributed by atoms with E-state index in [-0.39, 0.29) is 18.6 Å². The first-order valence-electron chi connectivity index (χ1n) is 8.45. The van der Waals surface area contributed by atoms with E-state index in [0.717, 1.165) is 36.6 Å². The second kappa shape index (κ2) is 7.94. The van der Waals surface area contributed by atoms with Crippen molar-refractivity contribution < 1.29 is 9.90 Å². The summed E-state index contributed by atoms with van der Waals surface area (Å²) in [6.45, 7) is 1.60. The van der Waals surface area contributed by atoms with Crippen LogP contribution in [0.3, 0.4) is 0 Å². The average Bonchev–Trinajstić information content (AvgIpc) is 3.15. The summed E-state index contributed by atoms with van der Waals surface area (Å²) in [7, 11) is 1.62. The van der Waals surface area contributed by atoms with E-state index in [9.17, 15) is 9.90 Å². The largest absolute Gasteiger partial charge is 0.394 e. The fourth-order valence-electron chi connectivity index (χ4n) is 3.09. The molecule has 7 heteroatoms. The average molecular weight is 341 g/mol. The number of hydrogen-bond acceptors (Lipinski definition) is 6. The van der Waals surface area contributed by atoms with E-state index < -0.39 is 0 Å². The molecular weight excluding hydrogens is 318 g/mol. The van der Waals surface area contributed by atoms with Crippen molar-refractivity contribution >= 4 is 17.5 Å². The van der Waals surface area contributed by atoms with Crippen molar-refractivity contribution in [3.05, 3.63) is 47.8 Å². The smallest absolute Gasteiger partial charge is 0.251 e. The Kier molecular flexibility index (Phi) is 5.45. The third-order valence-electron chi connectivity index (χ3n) is 4.42. The monoisotopic (exact) mass is 341 g/mol. The minimum atomic E-state index is -0.102. The van der Waals surface area contributed by atoms with Gasteiger partial charge in [0.15, 0.2) is 0 Å². The van der Waals surface area contributed by atoms with Gasteiger partial charge in [-0.15, -0.1) is 0 Å². The molecule has 1 saturated heterocycles. The van der Waals surface area contributed by atoms with Crippen LogP contribution in [0, 0.1) is 0 Å². The molecule has 1 aliphatic rings. The third kappa shape index (κ3) is 4.06. The standard InChI is InChI=1S/C18H23N5O2/c1-19-18(25)14-5-2-4-13(8-14)10-20-16-9-17(22-12-21-16)23-7-3-6-15(23)11-24/h2,4-5,8-9,12,15,24H,3,6-7,10-11H2,1H3,(H,19,25)(H,20,21,22). The third-order valence-corrected chi connectivity index (χ3v) is 4.42. The van der Waals surface area contributed by atoms with Gasteiger partial charge < -0.3 is 20.6 Å². The topological polar surface area (TPSA) is 90.4 Å². The molecular formula is C18H23N5O2. The Balaban J connectivity index is 1.68. The van der Waals surface area contributed by atoms with Crippen LogP contribution >= 0.6 is 0 Å². The Morgan fingerprint density at radius 2 is 2.24 bits per heavy atom. The zero-order chi connectivity index (χ0) is 17.6. The molecule has 1 aliphatic heterocycles. The number of carbonyl (C=O) groups is 1. The first-order valence-corrected chi connectivity index (χ1v) is 8.45. The summed E-state index contributed by atoms with van der Waals surface area (Å²) in [6.07, 6.45) is 3.57. The summed E-state index contributed by atoms with van der Waals surface area (Å²) in [5, 5.41) is 15.4. The number of hydrogen-bond donors (Lipinski definition) is 3. The maximum absolute atomic E-state index is 11.7. The lowest BCUT2D eigenvalue weighted by atomic mass is 10.1. The highest BCUT2D eigenvalue weighted by Gasteiger charge is 2.25. The second-order valence-electron chi connectivity index (χ2n) is 6.07. The Hall–Kier alpha value is -2.67. The highest BCUT2D eigenvalue weighted by atomic mass is 16.3. The van der Waals surface area contributed by atoms with Crippen molar-refractivity contribution in [2.45, 2.75) is 25.4 Å². The first kappa shape index (κ1) is 17.2. The van der Waals surface area contributed by atoms with E-state index in [0.29, 0.717) is 12.1 Å². The highest BCUT2D eigenvalue weighted by molar-refractivity contribution is 5.94. The predicted molar refractivity (Wildman–Crippen MR) is 96.6 cm³/mol. The molecule has 7 nitrogen and oxygen atoms in total. The summed E-state index contributed by atoms with van der Waals surface area (Å²) in [5.74, 6) is 1.45. The van der Waals surface area contributed by atoms with Gasteiger partial charge in [0.1, 0.15) is 18.0 Å². The van der Waals surface area contributed by atoms with Gasteiger partial charge in [0, 0.05) is 31.8 Å². The predicted octanol–water partition coefficient (Wildman–Crippen LogP) is 1.41. The van der Waals surface area contributed by atoms with Gasteiger partial charge in [0.25, 0.3) is 5.91 Å². The molecule has 3 rings (SSSR count). The molecule has 3 N–H and O–H groups in total. The highest BCUT2D eigenvalue weighted by Crippen LogP contribution is 2.24. The van der Waals surface area contributed by atoms with Crippen LogP contribution in [0.25, 0.3) is 0 Å². The SMILES string of the molecule is CNC(=O)c1cccc(CNc2cc(N3CCCC3CO)ncn2)c1. The minimum absolute atomic E-state index is 0.102. The van der Waals surface area contributed by atoms with Crippen LogP contribution in [-0.2, 0) is 6.54 Å². The molecule has 132 valence electrons. The van der Waals surface area contributed by atoms with Crippen LogP contribution in [-0.4, -0.2) is 47.2 Å². The van der Waals surface area contributed by atoms with E-state index in [1.165, 1.54) is 6.33 Å². The molecule has 0 bridgehead atoms. The van der Waals surface area contributed by atoms with Crippen LogP contribution < -0.4 is 15.5 Å². The van der Waals surface area contributed by atoms with Crippen molar-refractivity contribution in [2.24, 2.45) is 0 Å². The molecule has 0 radical (unpaired) electrons. The number of aliphatic hydroxyl groups excluding tert-OH is 1. The molecule has 1 amide bonds. The van der Waals surface area contributed by atoms with Gasteiger partial charge in [-0.1, -0.05) is 12.1 Å². The minimum Gasteiger partial charge on any atom is -0.394 e. The lowest BCUT2D eigenvalue weighted by Gasteiger charge is -2.24. The fourth-order valence-corrected chi connectivity index (χ4v) is 3.09. The molecule has 1 aromatic carbocycles. The molecule has 1 unspecified atom stereocenters. The quantitative estimate of drug-likeness (QED) is 0.736. The number of aliphatic hydroxyl groups is 1. The first-order chi connectivity index (χ1) is 12.2. The van der Waals surface area contributed by atoms with Gasteiger partial charge in [0.05, 0.1) is 12.6 Å². The molecule has 0 spiro atoms. The van der Waals surface area contributed by atoms with E-state index in [4.69, 9.17) is 0 Å². The molecule has 25 heavy (non-hydrogen) atoms. The number of rotatable bonds is 6. The van der Waals surface area contributed by atoms with Crippen LogP contribution in [0.4, 0.5) is 11.6 Å². The van der Waals surface area contributed by atoms with Gasteiger partial charge >= 0.3 is 0 Å². The number of carbonyl (C=O) groups excluding carboxylic acids is 1. The number of nitrogens with zero attached hydrogens (tertiary/aromatic N) is 3. The number of nitrogens with one attached hydrogen (secondary N) is 2. The zero-order valence-corrected chi connectivity index (χ0v) is 14.3. The number of amides is 1. The summed E-state index contributed by atoms with van der Waals surface area (Å²) in [5.41, 5.74) is 1.63. The summed E-state index contributed by atoms with van der Waals surface area (Å²) in [6, 6.07) is 9.50. The molecule has 2 heterocycles. The van der Waals surface area contributed by atoms with E-state index >= 15 is 0 Å². The zero-order valence-electron chi connectivity index (χ0n) is 14.3. The van der Waals surface area contributed by atoms with E-state index in [1.807, 2.05) is 24.3 Å². The van der Waals surface area contributed by atoms with Crippen LogP contribution in [0.2, 0.25) is 0 Å². The lowest BCUT2D eigenvalue weighted by Crippen LogP contribution is -2.32. The molecule has 0 saturated carbocycles. The van der Waals surface area contributed by atoms with Crippen molar-refractivity contribution in [3.63, 3.8) is 0 Å². The van der Waals surface area contributed by atoms with Gasteiger partial charge in [-0.2, -0.15) is 0 Å². The van der Waals surface area contributed by atoms with Gasteiger partial charge in [-0.3, -0.25) is 4.79 Å². The molecule has 1 atom stereocenters.